The molecule has 3 nitrogen and oxygen atoms in total. The molecule has 2 aromatic heterocycles. The molecule has 1 atom stereocenters. The number of rotatable bonds is 6. The Hall–Kier alpha value is -1.69. The number of aromatic hydroxyl groups is 1. The highest BCUT2D eigenvalue weighted by atomic mass is 32.2. The van der Waals surface area contributed by atoms with Gasteiger partial charge >= 0.3 is 0 Å². The molecule has 5 heteroatoms. The molecule has 0 aliphatic carbocycles. The van der Waals surface area contributed by atoms with Gasteiger partial charge in [0.15, 0.2) is 0 Å². The van der Waals surface area contributed by atoms with E-state index in [1.54, 1.807) is 6.07 Å². The summed E-state index contributed by atoms with van der Waals surface area (Å²) in [5.41, 5.74) is 3.69. The van der Waals surface area contributed by atoms with Gasteiger partial charge in [0, 0.05) is 40.3 Å². The van der Waals surface area contributed by atoms with Gasteiger partial charge in [-0.1, -0.05) is 18.2 Å². The molecule has 0 saturated carbocycles. The van der Waals surface area contributed by atoms with Crippen molar-refractivity contribution in [3.8, 4) is 5.75 Å². The van der Waals surface area contributed by atoms with Gasteiger partial charge in [-0.05, 0) is 53.3 Å². The second-order valence-electron chi connectivity index (χ2n) is 6.37. The van der Waals surface area contributed by atoms with E-state index in [-0.39, 0.29) is 0 Å². The Morgan fingerprint density at radius 2 is 2.20 bits per heavy atom. The monoisotopic (exact) mass is 370 g/mol. The third-order valence-electron chi connectivity index (χ3n) is 4.69. The molecular formula is C20H22N2OS2. The number of hydrogen-bond acceptors (Lipinski definition) is 4. The number of hydrogen-bond donors (Lipinski definition) is 3. The molecule has 1 aromatic carbocycles. The third kappa shape index (κ3) is 3.78. The number of H-pyrrole nitrogens is 1. The molecule has 0 amide bonds. The Morgan fingerprint density at radius 3 is 3.08 bits per heavy atom. The maximum atomic E-state index is 10.1. The van der Waals surface area contributed by atoms with Gasteiger partial charge in [-0.2, -0.15) is 11.8 Å². The maximum Gasteiger partial charge on any atom is 0.125 e. The Kier molecular flexibility index (Phi) is 5.15. The van der Waals surface area contributed by atoms with E-state index in [0.29, 0.717) is 11.8 Å². The number of benzene rings is 1. The number of aromatic nitrogens is 1. The zero-order valence-corrected chi connectivity index (χ0v) is 15.6. The van der Waals surface area contributed by atoms with E-state index in [4.69, 9.17) is 0 Å². The minimum absolute atomic E-state index is 0.369. The second kappa shape index (κ2) is 7.68. The molecular weight excluding hydrogens is 348 g/mol. The van der Waals surface area contributed by atoms with Gasteiger partial charge in [-0.25, -0.2) is 0 Å². The average molecular weight is 371 g/mol. The van der Waals surface area contributed by atoms with Crippen molar-refractivity contribution in [3.63, 3.8) is 0 Å². The second-order valence-corrected chi connectivity index (χ2v) is 8.42. The van der Waals surface area contributed by atoms with E-state index in [2.05, 4.69) is 33.9 Å². The Morgan fingerprint density at radius 1 is 1.24 bits per heavy atom. The van der Waals surface area contributed by atoms with Gasteiger partial charge in [0.25, 0.3) is 0 Å². The lowest BCUT2D eigenvalue weighted by Crippen LogP contribution is -2.33. The minimum atomic E-state index is 0.369. The third-order valence-corrected chi connectivity index (χ3v) is 6.68. The number of thioether (sulfide) groups is 1. The normalized spacial score (nSPS) is 17.8. The highest BCUT2D eigenvalue weighted by Gasteiger charge is 2.16. The van der Waals surface area contributed by atoms with Gasteiger partial charge in [-0.3, -0.25) is 0 Å². The molecule has 25 heavy (non-hydrogen) atoms. The van der Waals surface area contributed by atoms with Crippen molar-refractivity contribution in [1.82, 2.24) is 10.3 Å². The predicted octanol–water partition coefficient (Wildman–Crippen LogP) is 5.00. The van der Waals surface area contributed by atoms with Crippen LogP contribution >= 0.6 is 23.1 Å². The summed E-state index contributed by atoms with van der Waals surface area (Å²) in [6.45, 7) is 0.971. The van der Waals surface area contributed by atoms with E-state index in [1.165, 1.54) is 22.4 Å². The zero-order chi connectivity index (χ0) is 17.1. The van der Waals surface area contributed by atoms with Gasteiger partial charge in [0.2, 0.25) is 0 Å². The van der Waals surface area contributed by atoms with E-state index in [0.717, 1.165) is 35.4 Å². The first-order valence-electron chi connectivity index (χ1n) is 8.63. The molecule has 0 radical (unpaired) electrons. The number of aromatic amines is 1. The summed E-state index contributed by atoms with van der Waals surface area (Å²) in [5, 5.41) is 16.8. The number of fused-ring (bicyclic) bond motifs is 1. The van der Waals surface area contributed by atoms with E-state index < -0.39 is 0 Å². The molecule has 3 aromatic rings. The molecule has 0 bridgehead atoms. The van der Waals surface area contributed by atoms with Crippen LogP contribution in [0.1, 0.15) is 23.3 Å². The SMILES string of the molecule is Oc1cccc2[nH]cc(CSCCC3CC(c4cccs4)=CCN3)c12. The molecule has 0 fully saturated rings. The van der Waals surface area contributed by atoms with Crippen LogP contribution in [-0.2, 0) is 5.75 Å². The van der Waals surface area contributed by atoms with Crippen LogP contribution < -0.4 is 5.32 Å². The zero-order valence-electron chi connectivity index (χ0n) is 14.0. The molecule has 3 heterocycles. The highest BCUT2D eigenvalue weighted by molar-refractivity contribution is 7.98. The largest absolute Gasteiger partial charge is 0.507 e. The summed E-state index contributed by atoms with van der Waals surface area (Å²) in [7, 11) is 0. The Balaban J connectivity index is 1.29. The first-order chi connectivity index (χ1) is 12.3. The smallest absolute Gasteiger partial charge is 0.125 e. The number of phenolic OH excluding ortho intramolecular Hbond substituents is 1. The fraction of sp³-hybridized carbons (Fsp3) is 0.300. The molecule has 3 N–H and O–H groups in total. The molecule has 130 valence electrons. The highest BCUT2D eigenvalue weighted by Crippen LogP contribution is 2.31. The first kappa shape index (κ1) is 16.8. The fourth-order valence-corrected chi connectivity index (χ4v) is 5.21. The number of phenols is 1. The average Bonchev–Trinajstić information content (AvgIpc) is 3.30. The standard InChI is InChI=1S/C20H22N2OS2/c23-18-4-1-3-17-20(18)15(12-22-17)13-24-10-7-16-11-14(6-8-21-16)19-5-2-9-25-19/h1-6,9,12,16,21-23H,7-8,10-11,13H2. The quantitative estimate of drug-likeness (QED) is 0.535. The summed E-state index contributed by atoms with van der Waals surface area (Å²) < 4.78 is 0. The van der Waals surface area contributed by atoms with Crippen molar-refractivity contribution in [1.29, 1.82) is 0 Å². The van der Waals surface area contributed by atoms with Gasteiger partial charge in [0.1, 0.15) is 5.75 Å². The van der Waals surface area contributed by atoms with E-state index in [1.807, 2.05) is 41.4 Å². The van der Waals surface area contributed by atoms with Crippen molar-refractivity contribution in [2.75, 3.05) is 12.3 Å². The van der Waals surface area contributed by atoms with Crippen LogP contribution in [0.2, 0.25) is 0 Å². The van der Waals surface area contributed by atoms with E-state index >= 15 is 0 Å². The Labute approximate surface area is 156 Å². The van der Waals surface area contributed by atoms with E-state index in [9.17, 15) is 5.11 Å². The van der Waals surface area contributed by atoms with Crippen LogP contribution in [0.3, 0.4) is 0 Å². The minimum Gasteiger partial charge on any atom is -0.507 e. The summed E-state index contributed by atoms with van der Waals surface area (Å²) in [5.74, 6) is 2.42. The van der Waals surface area contributed by atoms with Gasteiger partial charge < -0.3 is 15.4 Å². The van der Waals surface area contributed by atoms with Crippen LogP contribution in [0.15, 0.2) is 48.0 Å². The fourth-order valence-electron chi connectivity index (χ4n) is 3.39. The van der Waals surface area contributed by atoms with Crippen molar-refractivity contribution in [3.05, 3.63) is 58.4 Å². The lowest BCUT2D eigenvalue weighted by Gasteiger charge is -2.23. The molecule has 1 aliphatic rings. The predicted molar refractivity (Wildman–Crippen MR) is 109 cm³/mol. The molecule has 1 unspecified atom stereocenters. The van der Waals surface area contributed by atoms with Crippen molar-refractivity contribution >= 4 is 39.6 Å². The van der Waals surface area contributed by atoms with Crippen LogP contribution in [-0.4, -0.2) is 28.4 Å². The molecule has 0 spiro atoms. The summed E-state index contributed by atoms with van der Waals surface area (Å²) in [4.78, 5) is 4.66. The van der Waals surface area contributed by atoms with Crippen LogP contribution in [0.5, 0.6) is 5.75 Å². The van der Waals surface area contributed by atoms with Crippen LogP contribution in [0.4, 0.5) is 0 Å². The van der Waals surface area contributed by atoms with Gasteiger partial charge in [-0.15, -0.1) is 11.3 Å². The van der Waals surface area contributed by atoms with Crippen molar-refractivity contribution in [2.45, 2.75) is 24.6 Å². The summed E-state index contributed by atoms with van der Waals surface area (Å²) >= 11 is 3.77. The summed E-state index contributed by atoms with van der Waals surface area (Å²) in [6, 6.07) is 10.5. The number of nitrogens with one attached hydrogen (secondary N) is 2. The molecule has 4 rings (SSSR count). The van der Waals surface area contributed by atoms with Crippen molar-refractivity contribution in [2.24, 2.45) is 0 Å². The number of thiophene rings is 1. The molecule has 1 aliphatic heterocycles. The topological polar surface area (TPSA) is 48.0 Å². The summed E-state index contributed by atoms with van der Waals surface area (Å²) in [6.07, 6.45) is 6.63. The lowest BCUT2D eigenvalue weighted by molar-refractivity contribution is 0.481. The van der Waals surface area contributed by atoms with Crippen molar-refractivity contribution < 1.29 is 5.11 Å². The first-order valence-corrected chi connectivity index (χ1v) is 10.7. The Bertz CT molecular complexity index is 867. The lowest BCUT2D eigenvalue weighted by atomic mass is 9.99. The van der Waals surface area contributed by atoms with Crippen LogP contribution in [0.25, 0.3) is 16.5 Å². The molecule has 0 saturated heterocycles. The maximum absolute atomic E-state index is 10.1. The van der Waals surface area contributed by atoms with Crippen LogP contribution in [0, 0.1) is 0 Å². The van der Waals surface area contributed by atoms with Gasteiger partial charge in [0.05, 0.1) is 0 Å².